The molecule has 0 fully saturated rings. The molecule has 0 amide bonds. The van der Waals surface area contributed by atoms with Crippen LogP contribution >= 0.6 is 11.3 Å². The van der Waals surface area contributed by atoms with E-state index in [4.69, 9.17) is 0 Å². The number of anilines is 4. The molecule has 0 aliphatic heterocycles. The first kappa shape index (κ1) is 19.8. The molecule has 0 atom stereocenters. The Morgan fingerprint density at radius 3 is 2.40 bits per heavy atom. The molecule has 2 heterocycles. The summed E-state index contributed by atoms with van der Waals surface area (Å²) >= 11 is 1.58. The van der Waals surface area contributed by atoms with Crippen LogP contribution in [0.5, 0.6) is 0 Å². The lowest BCUT2D eigenvalue weighted by molar-refractivity contribution is 1.08. The van der Waals surface area contributed by atoms with Crippen molar-refractivity contribution in [1.82, 2.24) is 15.0 Å². The van der Waals surface area contributed by atoms with E-state index in [1.54, 1.807) is 17.5 Å². The van der Waals surface area contributed by atoms with Gasteiger partial charge >= 0.3 is 0 Å². The molecule has 0 aliphatic carbocycles. The Balaban J connectivity index is 1.36. The van der Waals surface area contributed by atoms with E-state index in [2.05, 4.69) is 75.1 Å². The lowest BCUT2D eigenvalue weighted by Gasteiger charge is -2.08. The Kier molecular flexibility index (Phi) is 6.20. The van der Waals surface area contributed by atoms with E-state index in [1.807, 2.05) is 30.5 Å². The molecule has 0 aliphatic rings. The summed E-state index contributed by atoms with van der Waals surface area (Å²) in [5, 5.41) is 12.0. The summed E-state index contributed by atoms with van der Waals surface area (Å²) in [6.07, 6.45) is 3.60. The van der Waals surface area contributed by atoms with Crippen molar-refractivity contribution >= 4 is 33.7 Å². The SMILES string of the molecule is Cc1cc(C)cc(Nc2nccc(-c3ncc(NCCNc4ccccc4)s3)n2)c1. The summed E-state index contributed by atoms with van der Waals surface area (Å²) in [6.45, 7) is 5.79. The zero-order valence-corrected chi connectivity index (χ0v) is 17.8. The van der Waals surface area contributed by atoms with Gasteiger partial charge in [-0.15, -0.1) is 0 Å². The predicted octanol–water partition coefficient (Wildman–Crippen LogP) is 5.48. The van der Waals surface area contributed by atoms with Crippen LogP contribution < -0.4 is 16.0 Å². The van der Waals surface area contributed by atoms with Gasteiger partial charge in [0.2, 0.25) is 5.95 Å². The van der Waals surface area contributed by atoms with Crippen molar-refractivity contribution < 1.29 is 0 Å². The van der Waals surface area contributed by atoms with Gasteiger partial charge in [-0.05, 0) is 55.3 Å². The van der Waals surface area contributed by atoms with Crippen LogP contribution in [0.3, 0.4) is 0 Å². The topological polar surface area (TPSA) is 74.8 Å². The maximum atomic E-state index is 4.63. The number of benzene rings is 2. The monoisotopic (exact) mass is 416 g/mol. The van der Waals surface area contributed by atoms with Crippen LogP contribution in [0.25, 0.3) is 10.7 Å². The molecule has 152 valence electrons. The van der Waals surface area contributed by atoms with Crippen molar-refractivity contribution in [1.29, 1.82) is 0 Å². The molecule has 0 radical (unpaired) electrons. The number of nitrogens with zero attached hydrogens (tertiary/aromatic N) is 3. The lowest BCUT2D eigenvalue weighted by atomic mass is 10.1. The van der Waals surface area contributed by atoms with Gasteiger partial charge in [0.15, 0.2) is 0 Å². The highest BCUT2D eigenvalue weighted by atomic mass is 32.1. The van der Waals surface area contributed by atoms with Gasteiger partial charge in [0.05, 0.1) is 6.20 Å². The molecule has 4 aromatic rings. The summed E-state index contributed by atoms with van der Waals surface area (Å²) in [7, 11) is 0. The molecule has 0 saturated carbocycles. The lowest BCUT2D eigenvalue weighted by Crippen LogP contribution is -2.12. The second-order valence-electron chi connectivity index (χ2n) is 7.02. The van der Waals surface area contributed by atoms with Crippen LogP contribution in [0, 0.1) is 13.8 Å². The van der Waals surface area contributed by atoms with Crippen LogP contribution in [0.1, 0.15) is 11.1 Å². The van der Waals surface area contributed by atoms with Crippen molar-refractivity contribution in [2.24, 2.45) is 0 Å². The van der Waals surface area contributed by atoms with E-state index in [0.717, 1.165) is 40.2 Å². The molecule has 2 aromatic carbocycles. The number of thiazole rings is 1. The zero-order valence-electron chi connectivity index (χ0n) is 17.0. The van der Waals surface area contributed by atoms with Gasteiger partial charge in [0.1, 0.15) is 15.7 Å². The third-order valence-corrected chi connectivity index (χ3v) is 5.36. The Bertz CT molecular complexity index is 1090. The van der Waals surface area contributed by atoms with Crippen LogP contribution in [-0.4, -0.2) is 28.0 Å². The van der Waals surface area contributed by atoms with Gasteiger partial charge in [-0.1, -0.05) is 35.6 Å². The summed E-state index contributed by atoms with van der Waals surface area (Å²) < 4.78 is 0. The van der Waals surface area contributed by atoms with E-state index >= 15 is 0 Å². The Hall–Kier alpha value is -3.45. The minimum atomic E-state index is 0.564. The van der Waals surface area contributed by atoms with Gasteiger partial charge in [-0.25, -0.2) is 15.0 Å². The van der Waals surface area contributed by atoms with Gasteiger partial charge < -0.3 is 16.0 Å². The first-order valence-electron chi connectivity index (χ1n) is 9.83. The van der Waals surface area contributed by atoms with Gasteiger partial charge in [0.25, 0.3) is 0 Å². The van der Waals surface area contributed by atoms with E-state index in [9.17, 15) is 0 Å². The number of nitrogens with one attached hydrogen (secondary N) is 3. The van der Waals surface area contributed by atoms with Gasteiger partial charge in [-0.3, -0.25) is 0 Å². The highest BCUT2D eigenvalue weighted by Gasteiger charge is 2.08. The van der Waals surface area contributed by atoms with Crippen LogP contribution in [-0.2, 0) is 0 Å². The normalized spacial score (nSPS) is 10.6. The molecule has 3 N–H and O–H groups in total. The van der Waals surface area contributed by atoms with Crippen molar-refractivity contribution in [3.05, 3.63) is 78.1 Å². The number of hydrogen-bond acceptors (Lipinski definition) is 7. The Morgan fingerprint density at radius 1 is 0.833 bits per heavy atom. The molecule has 0 unspecified atom stereocenters. The van der Waals surface area contributed by atoms with Crippen molar-refractivity contribution in [3.8, 4) is 10.7 Å². The maximum absolute atomic E-state index is 4.63. The summed E-state index contributed by atoms with van der Waals surface area (Å²) in [4.78, 5) is 13.5. The van der Waals surface area contributed by atoms with E-state index in [-0.39, 0.29) is 0 Å². The van der Waals surface area contributed by atoms with Crippen molar-refractivity contribution in [2.45, 2.75) is 13.8 Å². The highest BCUT2D eigenvalue weighted by Crippen LogP contribution is 2.28. The van der Waals surface area contributed by atoms with Crippen molar-refractivity contribution in [2.75, 3.05) is 29.0 Å². The fraction of sp³-hybridized carbons (Fsp3) is 0.174. The average Bonchev–Trinajstić information content (AvgIpc) is 3.21. The smallest absolute Gasteiger partial charge is 0.227 e. The number of hydrogen-bond donors (Lipinski definition) is 3. The number of aromatic nitrogens is 3. The van der Waals surface area contributed by atoms with E-state index in [0.29, 0.717) is 5.95 Å². The van der Waals surface area contributed by atoms with E-state index in [1.165, 1.54) is 11.1 Å². The van der Waals surface area contributed by atoms with Gasteiger partial charge in [0, 0.05) is 30.7 Å². The second kappa shape index (κ2) is 9.37. The maximum Gasteiger partial charge on any atom is 0.227 e. The molecule has 4 rings (SSSR count). The first-order valence-corrected chi connectivity index (χ1v) is 10.6. The summed E-state index contributed by atoms with van der Waals surface area (Å²) in [6, 6.07) is 18.4. The largest absolute Gasteiger partial charge is 0.383 e. The van der Waals surface area contributed by atoms with Crippen molar-refractivity contribution in [3.63, 3.8) is 0 Å². The molecule has 30 heavy (non-hydrogen) atoms. The zero-order chi connectivity index (χ0) is 20.8. The Labute approximate surface area is 180 Å². The minimum absolute atomic E-state index is 0.564. The molecule has 2 aromatic heterocycles. The first-order chi connectivity index (χ1) is 14.7. The Morgan fingerprint density at radius 2 is 1.60 bits per heavy atom. The van der Waals surface area contributed by atoms with Crippen LogP contribution in [0.4, 0.5) is 22.3 Å². The number of para-hydroxylation sites is 1. The van der Waals surface area contributed by atoms with Gasteiger partial charge in [-0.2, -0.15) is 0 Å². The quantitative estimate of drug-likeness (QED) is 0.330. The molecule has 7 heteroatoms. The number of aryl methyl sites for hydroxylation is 2. The minimum Gasteiger partial charge on any atom is -0.383 e. The fourth-order valence-electron chi connectivity index (χ4n) is 3.14. The molecular weight excluding hydrogens is 392 g/mol. The third-order valence-electron chi connectivity index (χ3n) is 4.39. The average molecular weight is 417 g/mol. The summed E-state index contributed by atoms with van der Waals surface area (Å²) in [5.74, 6) is 0.564. The standard InChI is InChI=1S/C23H24N6S/c1-16-12-17(2)14-19(13-16)28-23-26-9-8-20(29-23)22-27-15-21(30-22)25-11-10-24-18-6-4-3-5-7-18/h3-9,12-15,24-25H,10-11H2,1-2H3,(H,26,28,29). The molecule has 6 nitrogen and oxygen atoms in total. The third kappa shape index (κ3) is 5.33. The number of rotatable bonds is 8. The van der Waals surface area contributed by atoms with Crippen LogP contribution in [0.2, 0.25) is 0 Å². The fourth-order valence-corrected chi connectivity index (χ4v) is 3.95. The molecule has 0 bridgehead atoms. The van der Waals surface area contributed by atoms with E-state index < -0.39 is 0 Å². The molecule has 0 spiro atoms. The van der Waals surface area contributed by atoms with Crippen LogP contribution in [0.15, 0.2) is 67.0 Å². The summed E-state index contributed by atoms with van der Waals surface area (Å²) in [5.41, 5.74) is 5.31. The molecular formula is C23H24N6S. The molecule has 0 saturated heterocycles. The second-order valence-corrected chi connectivity index (χ2v) is 8.05. The highest BCUT2D eigenvalue weighted by molar-refractivity contribution is 7.18. The predicted molar refractivity (Wildman–Crippen MR) is 126 cm³/mol.